The highest BCUT2D eigenvalue weighted by Gasteiger charge is 2.06. The number of nitrogens with one attached hydrogen (secondary N) is 1. The lowest BCUT2D eigenvalue weighted by molar-refractivity contribution is 0.595. The van der Waals surface area contributed by atoms with Crippen LogP contribution in [0.3, 0.4) is 0 Å². The van der Waals surface area contributed by atoms with Crippen LogP contribution in [0.15, 0.2) is 17.6 Å². The number of halogens is 1. The highest BCUT2D eigenvalue weighted by Crippen LogP contribution is 1.96. The lowest BCUT2D eigenvalue weighted by atomic mass is 11.0. The van der Waals surface area contributed by atoms with Crippen molar-refractivity contribution < 1.29 is 8.42 Å². The highest BCUT2D eigenvalue weighted by atomic mass is 35.5. The molecule has 0 aliphatic heterocycles. The Morgan fingerprint density at radius 2 is 2.20 bits per heavy atom. The fourth-order valence-corrected chi connectivity index (χ4v) is 0.823. The second kappa shape index (κ2) is 3.00. The molecule has 10 heavy (non-hydrogen) atoms. The minimum atomic E-state index is -3.58. The molecule has 1 aromatic rings. The molecule has 0 bridgehead atoms. The third kappa shape index (κ3) is 1.98. The van der Waals surface area contributed by atoms with Gasteiger partial charge in [0, 0.05) is 0 Å². The number of rotatable bonds is 1. The highest BCUT2D eigenvalue weighted by molar-refractivity contribution is 7.89. The first-order chi connectivity index (χ1) is 4.11. The first kappa shape index (κ1) is 9.41. The monoisotopic (exact) mass is 183 g/mol. The van der Waals surface area contributed by atoms with Gasteiger partial charge in [-0.15, -0.1) is 12.4 Å². The molecule has 7 heteroatoms. The molecule has 0 aromatic carbocycles. The van der Waals surface area contributed by atoms with Gasteiger partial charge in [-0.3, -0.25) is 0 Å². The van der Waals surface area contributed by atoms with E-state index in [0.29, 0.717) is 0 Å². The molecule has 58 valence electrons. The Kier molecular flexibility index (Phi) is 2.82. The first-order valence-corrected chi connectivity index (χ1v) is 3.66. The second-order valence-corrected chi connectivity index (χ2v) is 2.99. The van der Waals surface area contributed by atoms with Gasteiger partial charge < -0.3 is 4.98 Å². The lowest BCUT2D eigenvalue weighted by Crippen LogP contribution is -2.12. The number of primary sulfonamides is 1. The van der Waals surface area contributed by atoms with Gasteiger partial charge in [0.25, 0.3) is 10.0 Å². The van der Waals surface area contributed by atoms with Crippen LogP contribution in [-0.4, -0.2) is 18.4 Å². The molecule has 5 nitrogen and oxygen atoms in total. The Morgan fingerprint density at radius 1 is 1.60 bits per heavy atom. The molecule has 0 fully saturated rings. The van der Waals surface area contributed by atoms with Crippen molar-refractivity contribution in [3.8, 4) is 0 Å². The van der Waals surface area contributed by atoms with Crippen molar-refractivity contribution in [3.63, 3.8) is 0 Å². The molecule has 3 N–H and O–H groups in total. The molecule has 0 unspecified atom stereocenters. The first-order valence-electron chi connectivity index (χ1n) is 2.12. The molecule has 0 radical (unpaired) electrons. The van der Waals surface area contributed by atoms with Gasteiger partial charge in [-0.25, -0.2) is 18.5 Å². The minimum Gasteiger partial charge on any atom is -0.335 e. The number of nitrogens with two attached hydrogens (primary N) is 1. The third-order valence-corrected chi connectivity index (χ3v) is 1.62. The predicted molar refractivity (Wildman–Crippen MR) is 37.2 cm³/mol. The molecule has 0 spiro atoms. The molecule has 1 rings (SSSR count). The summed E-state index contributed by atoms with van der Waals surface area (Å²) in [6.45, 7) is 0. The maximum absolute atomic E-state index is 10.4. The van der Waals surface area contributed by atoms with Crippen LogP contribution in [0.2, 0.25) is 0 Å². The summed E-state index contributed by atoms with van der Waals surface area (Å²) in [5, 5.41) is 4.64. The average Bonchev–Trinajstić information content (AvgIpc) is 2.08. The van der Waals surface area contributed by atoms with Crippen molar-refractivity contribution in [2.24, 2.45) is 5.14 Å². The van der Waals surface area contributed by atoms with Crippen molar-refractivity contribution >= 4 is 22.4 Å². The Morgan fingerprint density at radius 3 is 2.40 bits per heavy atom. The van der Waals surface area contributed by atoms with Gasteiger partial charge in [0.2, 0.25) is 0 Å². The molecular weight excluding hydrogens is 178 g/mol. The van der Waals surface area contributed by atoms with E-state index in [0.717, 1.165) is 6.20 Å². The maximum Gasteiger partial charge on any atom is 0.255 e. The molecule has 1 heterocycles. The summed E-state index contributed by atoms with van der Waals surface area (Å²) >= 11 is 0. The fraction of sp³-hybridized carbons (Fsp3) is 0. The summed E-state index contributed by atoms with van der Waals surface area (Å²) in [6.07, 6.45) is 2.40. The van der Waals surface area contributed by atoms with Crippen molar-refractivity contribution in [1.82, 2.24) is 9.97 Å². The van der Waals surface area contributed by atoms with E-state index in [-0.39, 0.29) is 17.4 Å². The summed E-state index contributed by atoms with van der Waals surface area (Å²) in [5.74, 6) is 0. The van der Waals surface area contributed by atoms with Gasteiger partial charge in [-0.1, -0.05) is 0 Å². The molecule has 0 saturated carbocycles. The predicted octanol–water partition coefficient (Wildman–Crippen LogP) is -0.521. The van der Waals surface area contributed by atoms with Crippen LogP contribution in [0.25, 0.3) is 0 Å². The number of hydrogen-bond acceptors (Lipinski definition) is 3. The SMILES string of the molecule is Cl.NS(=O)(=O)c1cnc[nH]1. The average molecular weight is 184 g/mol. The summed E-state index contributed by atoms with van der Waals surface area (Å²) in [5.41, 5.74) is 0. The van der Waals surface area contributed by atoms with Crippen molar-refractivity contribution in [2.45, 2.75) is 5.03 Å². The second-order valence-electron chi connectivity index (χ2n) is 1.46. The van der Waals surface area contributed by atoms with Gasteiger partial charge in [0.1, 0.15) is 0 Å². The van der Waals surface area contributed by atoms with Crippen LogP contribution in [0.5, 0.6) is 0 Å². The van der Waals surface area contributed by atoms with Crippen molar-refractivity contribution in [1.29, 1.82) is 0 Å². The number of aromatic nitrogens is 2. The Hall–Kier alpha value is -0.590. The van der Waals surface area contributed by atoms with E-state index in [1.165, 1.54) is 6.33 Å². The standard InChI is InChI=1S/C3H5N3O2S.ClH/c4-9(7,8)3-1-5-2-6-3;/h1-2H,(H,5,6)(H2,4,7,8);1H. The van der Waals surface area contributed by atoms with Gasteiger partial charge in [0.15, 0.2) is 5.03 Å². The van der Waals surface area contributed by atoms with Crippen LogP contribution in [0, 0.1) is 0 Å². The molecule has 0 amide bonds. The number of hydrogen-bond donors (Lipinski definition) is 2. The summed E-state index contributed by atoms with van der Waals surface area (Å²) in [4.78, 5) is 5.83. The van der Waals surface area contributed by atoms with Crippen LogP contribution in [-0.2, 0) is 10.0 Å². The van der Waals surface area contributed by atoms with Crippen molar-refractivity contribution in [3.05, 3.63) is 12.5 Å². The van der Waals surface area contributed by atoms with E-state index in [4.69, 9.17) is 5.14 Å². The smallest absolute Gasteiger partial charge is 0.255 e. The van der Waals surface area contributed by atoms with E-state index < -0.39 is 10.0 Å². The molecule has 0 aliphatic rings. The van der Waals surface area contributed by atoms with Crippen LogP contribution in [0.4, 0.5) is 0 Å². The Bertz CT molecular complexity index is 279. The zero-order valence-electron chi connectivity index (χ0n) is 4.81. The molecule has 0 saturated heterocycles. The minimum absolute atomic E-state index is 0. The molecule has 0 aliphatic carbocycles. The van der Waals surface area contributed by atoms with Crippen molar-refractivity contribution in [2.75, 3.05) is 0 Å². The van der Waals surface area contributed by atoms with E-state index in [9.17, 15) is 8.42 Å². The summed E-state index contributed by atoms with van der Waals surface area (Å²) < 4.78 is 20.8. The maximum atomic E-state index is 10.4. The molecular formula is C3H6ClN3O2S. The van der Waals surface area contributed by atoms with E-state index >= 15 is 0 Å². The number of sulfonamides is 1. The van der Waals surface area contributed by atoms with Crippen LogP contribution < -0.4 is 5.14 Å². The molecule has 1 aromatic heterocycles. The van der Waals surface area contributed by atoms with E-state index in [1.807, 2.05) is 0 Å². The van der Waals surface area contributed by atoms with Gasteiger partial charge >= 0.3 is 0 Å². The summed E-state index contributed by atoms with van der Waals surface area (Å²) in [7, 11) is -3.58. The van der Waals surface area contributed by atoms with Crippen LogP contribution >= 0.6 is 12.4 Å². The quantitative estimate of drug-likeness (QED) is 0.614. The third-order valence-electron chi connectivity index (χ3n) is 0.780. The Balaban J connectivity index is 0.000000810. The van der Waals surface area contributed by atoms with E-state index in [2.05, 4.69) is 9.97 Å². The fourth-order valence-electron chi connectivity index (χ4n) is 0.399. The largest absolute Gasteiger partial charge is 0.335 e. The number of aromatic amines is 1. The zero-order valence-corrected chi connectivity index (χ0v) is 6.45. The van der Waals surface area contributed by atoms with Crippen LogP contribution in [0.1, 0.15) is 0 Å². The van der Waals surface area contributed by atoms with E-state index in [1.54, 1.807) is 0 Å². The van der Waals surface area contributed by atoms with Gasteiger partial charge in [0.05, 0.1) is 12.5 Å². The number of H-pyrrole nitrogens is 1. The number of imidazole rings is 1. The lowest BCUT2D eigenvalue weighted by Gasteiger charge is -1.86. The number of nitrogens with zero attached hydrogens (tertiary/aromatic N) is 1. The zero-order chi connectivity index (χ0) is 6.91. The van der Waals surface area contributed by atoms with Gasteiger partial charge in [-0.05, 0) is 0 Å². The topological polar surface area (TPSA) is 88.8 Å². The van der Waals surface area contributed by atoms with Gasteiger partial charge in [-0.2, -0.15) is 0 Å². The Labute approximate surface area is 64.1 Å². The summed E-state index contributed by atoms with van der Waals surface area (Å²) in [6, 6.07) is 0. The normalized spacial score (nSPS) is 10.5. The molecule has 0 atom stereocenters.